The molecule has 1 amide bonds. The molecule has 1 aromatic carbocycles. The molecule has 4 N–H and O–H groups in total. The van der Waals surface area contributed by atoms with Crippen molar-refractivity contribution in [1.29, 1.82) is 0 Å². The van der Waals surface area contributed by atoms with Crippen molar-refractivity contribution in [2.45, 2.75) is 25.2 Å². The van der Waals surface area contributed by atoms with E-state index >= 15 is 0 Å². The molecule has 2 atom stereocenters. The van der Waals surface area contributed by atoms with E-state index in [9.17, 15) is 4.79 Å². The van der Waals surface area contributed by atoms with Gasteiger partial charge >= 0.3 is 0 Å². The Kier molecular flexibility index (Phi) is 2.08. The standard InChI is InChI=1S/C13H17N3O/c1-7(17)16-5-8-2-9(6-16)11-4-13(15)12(14)3-10(8)11/h3-4,8-9H,2,5-6,14-15H2,1H3. The molecule has 3 rings (SSSR count). The van der Waals surface area contributed by atoms with Gasteiger partial charge in [0.2, 0.25) is 5.91 Å². The summed E-state index contributed by atoms with van der Waals surface area (Å²) in [7, 11) is 0. The van der Waals surface area contributed by atoms with Crippen molar-refractivity contribution >= 4 is 17.3 Å². The van der Waals surface area contributed by atoms with Crippen LogP contribution in [-0.4, -0.2) is 23.9 Å². The summed E-state index contributed by atoms with van der Waals surface area (Å²) in [6, 6.07) is 4.00. The molecular weight excluding hydrogens is 214 g/mol. The first-order valence-corrected chi connectivity index (χ1v) is 6.00. The zero-order valence-corrected chi connectivity index (χ0v) is 9.94. The van der Waals surface area contributed by atoms with Gasteiger partial charge in [-0.05, 0) is 29.7 Å². The van der Waals surface area contributed by atoms with Gasteiger partial charge in [-0.15, -0.1) is 0 Å². The first-order valence-electron chi connectivity index (χ1n) is 6.00. The summed E-state index contributed by atoms with van der Waals surface area (Å²) >= 11 is 0. The molecule has 2 bridgehead atoms. The van der Waals surface area contributed by atoms with Gasteiger partial charge in [-0.2, -0.15) is 0 Å². The van der Waals surface area contributed by atoms with Crippen LogP contribution in [0.5, 0.6) is 0 Å². The fraction of sp³-hybridized carbons (Fsp3) is 0.462. The molecule has 2 aliphatic rings. The smallest absolute Gasteiger partial charge is 0.219 e. The number of hydrogen-bond acceptors (Lipinski definition) is 3. The van der Waals surface area contributed by atoms with Crippen LogP contribution in [0.25, 0.3) is 0 Å². The predicted octanol–water partition coefficient (Wildman–Crippen LogP) is 1.28. The van der Waals surface area contributed by atoms with E-state index in [0.29, 0.717) is 23.2 Å². The van der Waals surface area contributed by atoms with E-state index < -0.39 is 0 Å². The number of anilines is 2. The van der Waals surface area contributed by atoms with Crippen LogP contribution in [0.3, 0.4) is 0 Å². The Hall–Kier alpha value is -1.71. The molecular formula is C13H17N3O. The van der Waals surface area contributed by atoms with Crippen LogP contribution < -0.4 is 11.5 Å². The Morgan fingerprint density at radius 2 is 1.65 bits per heavy atom. The summed E-state index contributed by atoms with van der Waals surface area (Å²) < 4.78 is 0. The Balaban J connectivity index is 2.02. The number of nitrogens with two attached hydrogens (primary N) is 2. The molecule has 0 radical (unpaired) electrons. The number of carbonyl (C=O) groups is 1. The Bertz CT molecular complexity index is 461. The fourth-order valence-electron chi connectivity index (χ4n) is 3.18. The van der Waals surface area contributed by atoms with Crippen LogP contribution in [-0.2, 0) is 4.79 Å². The summed E-state index contributed by atoms with van der Waals surface area (Å²) in [5.74, 6) is 1.04. The molecule has 90 valence electrons. The maximum atomic E-state index is 11.5. The molecule has 0 spiro atoms. The maximum Gasteiger partial charge on any atom is 0.219 e. The third-order valence-electron chi connectivity index (χ3n) is 4.06. The monoisotopic (exact) mass is 231 g/mol. The van der Waals surface area contributed by atoms with Crippen LogP contribution in [0.4, 0.5) is 11.4 Å². The number of benzene rings is 1. The first-order chi connectivity index (χ1) is 8.06. The fourth-order valence-corrected chi connectivity index (χ4v) is 3.18. The van der Waals surface area contributed by atoms with Crippen molar-refractivity contribution < 1.29 is 4.79 Å². The number of piperidine rings is 1. The first kappa shape index (κ1) is 10.4. The van der Waals surface area contributed by atoms with Crippen molar-refractivity contribution in [3.05, 3.63) is 23.3 Å². The van der Waals surface area contributed by atoms with E-state index in [2.05, 4.69) is 0 Å². The summed E-state index contributed by atoms with van der Waals surface area (Å²) in [5.41, 5.74) is 15.6. The number of hydrogen-bond donors (Lipinski definition) is 2. The lowest BCUT2D eigenvalue weighted by Crippen LogP contribution is -2.38. The van der Waals surface area contributed by atoms with Gasteiger partial charge in [-0.1, -0.05) is 0 Å². The minimum absolute atomic E-state index is 0.161. The largest absolute Gasteiger partial charge is 0.397 e. The van der Waals surface area contributed by atoms with Crippen LogP contribution in [0.1, 0.15) is 36.3 Å². The highest BCUT2D eigenvalue weighted by atomic mass is 16.2. The van der Waals surface area contributed by atoms with Crippen molar-refractivity contribution in [2.24, 2.45) is 0 Å². The van der Waals surface area contributed by atoms with E-state index in [-0.39, 0.29) is 5.91 Å². The van der Waals surface area contributed by atoms with Gasteiger partial charge in [0.15, 0.2) is 0 Å². The number of fused-ring (bicyclic) bond motifs is 5. The van der Waals surface area contributed by atoms with E-state index in [1.54, 1.807) is 6.92 Å². The summed E-state index contributed by atoms with van der Waals surface area (Å²) in [5, 5.41) is 0. The third kappa shape index (κ3) is 1.47. The van der Waals surface area contributed by atoms with E-state index in [0.717, 1.165) is 19.5 Å². The van der Waals surface area contributed by atoms with Crippen molar-refractivity contribution in [3.63, 3.8) is 0 Å². The van der Waals surface area contributed by atoms with Crippen LogP contribution in [0, 0.1) is 0 Å². The lowest BCUT2D eigenvalue weighted by atomic mass is 9.96. The quantitative estimate of drug-likeness (QED) is 0.661. The summed E-state index contributed by atoms with van der Waals surface area (Å²) in [4.78, 5) is 13.4. The molecule has 4 nitrogen and oxygen atoms in total. The number of rotatable bonds is 0. The zero-order chi connectivity index (χ0) is 12.2. The van der Waals surface area contributed by atoms with Gasteiger partial charge in [0.05, 0.1) is 11.4 Å². The number of nitrogen functional groups attached to an aromatic ring is 2. The Morgan fingerprint density at radius 3 is 2.06 bits per heavy atom. The Labute approximate surface area is 101 Å². The van der Waals surface area contributed by atoms with E-state index in [1.807, 2.05) is 17.0 Å². The van der Waals surface area contributed by atoms with Gasteiger partial charge in [0.25, 0.3) is 0 Å². The van der Waals surface area contributed by atoms with Crippen molar-refractivity contribution in [3.8, 4) is 0 Å². The molecule has 1 aliphatic carbocycles. The van der Waals surface area contributed by atoms with E-state index in [4.69, 9.17) is 11.5 Å². The zero-order valence-electron chi connectivity index (χ0n) is 9.94. The molecule has 1 fully saturated rings. The predicted molar refractivity (Wildman–Crippen MR) is 67.6 cm³/mol. The average Bonchev–Trinajstić information content (AvgIpc) is 2.52. The maximum absolute atomic E-state index is 11.5. The molecule has 0 saturated carbocycles. The van der Waals surface area contributed by atoms with Crippen molar-refractivity contribution in [1.82, 2.24) is 4.90 Å². The second kappa shape index (κ2) is 3.39. The van der Waals surface area contributed by atoms with Gasteiger partial charge in [-0.25, -0.2) is 0 Å². The SMILES string of the molecule is CC(=O)N1CC2CC(C1)c1cc(N)c(N)cc12. The molecule has 1 aliphatic heterocycles. The van der Waals surface area contributed by atoms with Crippen molar-refractivity contribution in [2.75, 3.05) is 24.6 Å². The Morgan fingerprint density at radius 1 is 1.18 bits per heavy atom. The van der Waals surface area contributed by atoms with Crippen LogP contribution in [0.15, 0.2) is 12.1 Å². The molecule has 4 heteroatoms. The minimum atomic E-state index is 0.161. The molecule has 0 aromatic heterocycles. The van der Waals surface area contributed by atoms with Crippen LogP contribution in [0.2, 0.25) is 0 Å². The molecule has 1 heterocycles. The minimum Gasteiger partial charge on any atom is -0.397 e. The topological polar surface area (TPSA) is 72.3 Å². The second-order valence-electron chi connectivity index (χ2n) is 5.16. The number of amides is 1. The summed E-state index contributed by atoms with van der Waals surface area (Å²) in [6.45, 7) is 3.28. The van der Waals surface area contributed by atoms with Crippen LogP contribution >= 0.6 is 0 Å². The number of likely N-dealkylation sites (tertiary alicyclic amines) is 1. The van der Waals surface area contributed by atoms with Gasteiger partial charge < -0.3 is 16.4 Å². The molecule has 1 saturated heterocycles. The summed E-state index contributed by atoms with van der Waals surface area (Å²) in [6.07, 6.45) is 1.13. The highest BCUT2D eigenvalue weighted by Gasteiger charge is 2.38. The molecule has 17 heavy (non-hydrogen) atoms. The number of carbonyl (C=O) groups excluding carboxylic acids is 1. The van der Waals surface area contributed by atoms with Gasteiger partial charge in [-0.3, -0.25) is 4.79 Å². The van der Waals surface area contributed by atoms with Gasteiger partial charge in [0, 0.05) is 31.8 Å². The highest BCUT2D eigenvalue weighted by molar-refractivity contribution is 5.74. The molecule has 1 aromatic rings. The lowest BCUT2D eigenvalue weighted by Gasteiger charge is -2.31. The lowest BCUT2D eigenvalue weighted by molar-refractivity contribution is -0.130. The highest BCUT2D eigenvalue weighted by Crippen LogP contribution is 2.47. The average molecular weight is 231 g/mol. The molecule has 2 unspecified atom stereocenters. The van der Waals surface area contributed by atoms with Gasteiger partial charge in [0.1, 0.15) is 0 Å². The third-order valence-corrected chi connectivity index (χ3v) is 4.06. The van der Waals surface area contributed by atoms with E-state index in [1.165, 1.54) is 11.1 Å². The second-order valence-corrected chi connectivity index (χ2v) is 5.16. The number of nitrogens with zero attached hydrogens (tertiary/aromatic N) is 1. The normalized spacial score (nSPS) is 25.8.